The van der Waals surface area contributed by atoms with Crippen LogP contribution in [0.2, 0.25) is 5.02 Å². The highest BCUT2D eigenvalue weighted by Crippen LogP contribution is 2.56. The van der Waals surface area contributed by atoms with Gasteiger partial charge in [-0.2, -0.15) is 0 Å². The van der Waals surface area contributed by atoms with Crippen LogP contribution in [-0.2, 0) is 0 Å². The maximum absolute atomic E-state index is 6.50. The molecule has 0 saturated heterocycles. The van der Waals surface area contributed by atoms with Crippen LogP contribution in [0.15, 0.2) is 22.7 Å². The third-order valence-corrected chi connectivity index (χ3v) is 6.10. The summed E-state index contributed by atoms with van der Waals surface area (Å²) in [5, 5.41) is 0.999. The zero-order valence-electron chi connectivity index (χ0n) is 10.7. The van der Waals surface area contributed by atoms with Gasteiger partial charge in [-0.15, -0.1) is 11.6 Å². The lowest BCUT2D eigenvalue weighted by molar-refractivity contribution is -0.0653. The summed E-state index contributed by atoms with van der Waals surface area (Å²) in [6.07, 6.45) is 7.52. The van der Waals surface area contributed by atoms with Crippen LogP contribution in [0, 0.1) is 5.41 Å². The van der Waals surface area contributed by atoms with Gasteiger partial charge in [-0.25, -0.2) is 0 Å². The second kappa shape index (κ2) is 5.46. The third-order valence-electron chi connectivity index (χ3n) is 4.63. The fourth-order valence-electron chi connectivity index (χ4n) is 3.43. The maximum atomic E-state index is 6.50. The molecule has 1 aromatic carbocycles. The molecule has 2 saturated carbocycles. The Balaban J connectivity index is 1.76. The first-order valence-corrected chi connectivity index (χ1v) is 8.48. The van der Waals surface area contributed by atoms with E-state index in [9.17, 15) is 0 Å². The fraction of sp³-hybridized carbons (Fsp3) is 0.600. The van der Waals surface area contributed by atoms with Crippen LogP contribution in [0.3, 0.4) is 0 Å². The first-order valence-electron chi connectivity index (χ1n) is 6.87. The lowest BCUT2D eigenvalue weighted by Gasteiger charge is -2.55. The summed E-state index contributed by atoms with van der Waals surface area (Å²) in [5.41, 5.74) is 0.207. The van der Waals surface area contributed by atoms with Gasteiger partial charge in [-0.05, 0) is 47.0 Å². The summed E-state index contributed by atoms with van der Waals surface area (Å²) in [7, 11) is 0. The van der Waals surface area contributed by atoms with Crippen molar-refractivity contribution in [1.29, 1.82) is 0 Å². The summed E-state index contributed by atoms with van der Waals surface area (Å²) < 4.78 is 7.13. The molecule has 1 aromatic rings. The molecule has 0 bridgehead atoms. The first-order chi connectivity index (χ1) is 9.12. The van der Waals surface area contributed by atoms with E-state index in [4.69, 9.17) is 27.9 Å². The lowest BCUT2D eigenvalue weighted by Crippen LogP contribution is -2.58. The molecule has 0 aromatic heterocycles. The number of hydrogen-bond acceptors (Lipinski definition) is 1. The highest BCUT2D eigenvalue weighted by Gasteiger charge is 2.55. The van der Waals surface area contributed by atoms with E-state index in [1.807, 2.05) is 18.2 Å². The summed E-state index contributed by atoms with van der Waals surface area (Å²) >= 11 is 16.0. The molecule has 2 aliphatic rings. The van der Waals surface area contributed by atoms with Gasteiger partial charge >= 0.3 is 0 Å². The van der Waals surface area contributed by atoms with Crippen molar-refractivity contribution < 1.29 is 4.74 Å². The minimum Gasteiger partial charge on any atom is -0.489 e. The molecule has 3 rings (SSSR count). The number of rotatable bonds is 2. The fourth-order valence-corrected chi connectivity index (χ4v) is 4.73. The van der Waals surface area contributed by atoms with Gasteiger partial charge < -0.3 is 4.74 Å². The largest absolute Gasteiger partial charge is 0.489 e. The van der Waals surface area contributed by atoms with E-state index in [0.717, 1.165) is 21.7 Å². The van der Waals surface area contributed by atoms with Crippen molar-refractivity contribution in [2.45, 2.75) is 50.0 Å². The molecular formula is C15H17BrCl2O. The molecule has 1 spiro atoms. The molecule has 2 unspecified atom stereocenters. The van der Waals surface area contributed by atoms with E-state index in [-0.39, 0.29) is 16.9 Å². The highest BCUT2D eigenvalue weighted by atomic mass is 79.9. The van der Waals surface area contributed by atoms with Gasteiger partial charge in [0, 0.05) is 22.2 Å². The monoisotopic (exact) mass is 362 g/mol. The smallest absolute Gasteiger partial charge is 0.134 e. The standard InChI is InChI=1S/C15H17BrCl2O/c16-11-8-10(17)4-5-12(11)19-14-9-13(18)15(14)6-2-1-3-7-15/h4-5,8,13-14H,1-3,6-7,9H2. The van der Waals surface area contributed by atoms with Crippen LogP contribution in [0.25, 0.3) is 0 Å². The number of hydrogen-bond donors (Lipinski definition) is 0. The van der Waals surface area contributed by atoms with Crippen LogP contribution in [0.5, 0.6) is 5.75 Å². The molecule has 0 radical (unpaired) electrons. The Morgan fingerprint density at radius 2 is 1.95 bits per heavy atom. The summed E-state index contributed by atoms with van der Waals surface area (Å²) in [6, 6.07) is 5.68. The molecule has 104 valence electrons. The first kappa shape index (κ1) is 14.0. The quantitative estimate of drug-likeness (QED) is 0.602. The van der Waals surface area contributed by atoms with Gasteiger partial charge in [0.25, 0.3) is 0 Å². The molecular weight excluding hydrogens is 347 g/mol. The van der Waals surface area contributed by atoms with Crippen molar-refractivity contribution in [2.75, 3.05) is 0 Å². The van der Waals surface area contributed by atoms with Crippen LogP contribution >= 0.6 is 39.1 Å². The Morgan fingerprint density at radius 3 is 2.58 bits per heavy atom. The van der Waals surface area contributed by atoms with Crippen LogP contribution in [0.1, 0.15) is 38.5 Å². The van der Waals surface area contributed by atoms with Crippen molar-refractivity contribution in [3.05, 3.63) is 27.7 Å². The van der Waals surface area contributed by atoms with Crippen molar-refractivity contribution >= 4 is 39.1 Å². The Labute approximate surface area is 132 Å². The average Bonchev–Trinajstić information content (AvgIpc) is 2.42. The third kappa shape index (κ3) is 2.52. The molecule has 2 aliphatic carbocycles. The summed E-state index contributed by atoms with van der Waals surface area (Å²) in [6.45, 7) is 0. The second-order valence-electron chi connectivity index (χ2n) is 5.68. The van der Waals surface area contributed by atoms with Gasteiger partial charge in [-0.3, -0.25) is 0 Å². The Bertz CT molecular complexity index is 471. The van der Waals surface area contributed by atoms with Crippen molar-refractivity contribution in [3.63, 3.8) is 0 Å². The number of halogens is 3. The molecule has 2 fully saturated rings. The van der Waals surface area contributed by atoms with E-state index in [0.29, 0.717) is 0 Å². The Hall–Kier alpha value is 0.0800. The van der Waals surface area contributed by atoms with E-state index in [1.165, 1.54) is 32.1 Å². The topological polar surface area (TPSA) is 9.23 Å². The van der Waals surface area contributed by atoms with Gasteiger partial charge in [0.15, 0.2) is 0 Å². The van der Waals surface area contributed by atoms with E-state index in [1.54, 1.807) is 0 Å². The number of ether oxygens (including phenoxy) is 1. The van der Waals surface area contributed by atoms with Gasteiger partial charge in [0.1, 0.15) is 11.9 Å². The second-order valence-corrected chi connectivity index (χ2v) is 7.50. The normalized spacial score (nSPS) is 29.0. The summed E-state index contributed by atoms with van der Waals surface area (Å²) in [4.78, 5) is 0. The van der Waals surface area contributed by atoms with Crippen molar-refractivity contribution in [3.8, 4) is 5.75 Å². The van der Waals surface area contributed by atoms with Crippen LogP contribution in [0.4, 0.5) is 0 Å². The SMILES string of the molecule is Clc1ccc(OC2CC(Cl)C23CCCCC3)c(Br)c1. The molecule has 0 amide bonds. The molecule has 1 nitrogen and oxygen atoms in total. The van der Waals surface area contributed by atoms with Gasteiger partial charge in [0.05, 0.1) is 4.47 Å². The minimum atomic E-state index is 0.207. The minimum absolute atomic E-state index is 0.207. The molecule has 4 heteroatoms. The maximum Gasteiger partial charge on any atom is 0.134 e. The number of benzene rings is 1. The zero-order valence-corrected chi connectivity index (χ0v) is 13.8. The Kier molecular flexibility index (Phi) is 4.03. The molecule has 0 heterocycles. The average molecular weight is 364 g/mol. The highest BCUT2D eigenvalue weighted by molar-refractivity contribution is 9.10. The molecule has 19 heavy (non-hydrogen) atoms. The lowest BCUT2D eigenvalue weighted by atomic mass is 9.58. The van der Waals surface area contributed by atoms with Crippen molar-refractivity contribution in [2.24, 2.45) is 5.41 Å². The van der Waals surface area contributed by atoms with E-state index < -0.39 is 0 Å². The Morgan fingerprint density at radius 1 is 1.21 bits per heavy atom. The van der Waals surface area contributed by atoms with Gasteiger partial charge in [0.2, 0.25) is 0 Å². The molecule has 0 N–H and O–H groups in total. The van der Waals surface area contributed by atoms with Crippen LogP contribution < -0.4 is 4.74 Å². The van der Waals surface area contributed by atoms with Crippen LogP contribution in [-0.4, -0.2) is 11.5 Å². The van der Waals surface area contributed by atoms with E-state index in [2.05, 4.69) is 15.9 Å². The number of alkyl halides is 1. The molecule has 2 atom stereocenters. The zero-order chi connectivity index (χ0) is 13.5. The van der Waals surface area contributed by atoms with Gasteiger partial charge in [-0.1, -0.05) is 30.9 Å². The predicted molar refractivity (Wildman–Crippen MR) is 83.3 cm³/mol. The summed E-state index contributed by atoms with van der Waals surface area (Å²) in [5.74, 6) is 0.878. The molecule has 0 aliphatic heterocycles. The predicted octanol–water partition coefficient (Wildman–Crippen LogP) is 5.81. The van der Waals surface area contributed by atoms with Crippen molar-refractivity contribution in [1.82, 2.24) is 0 Å². The van der Waals surface area contributed by atoms with E-state index >= 15 is 0 Å².